The van der Waals surface area contributed by atoms with E-state index >= 15 is 0 Å². The number of hydrogen-bond acceptors (Lipinski definition) is 4. The number of hydrogen-bond donors (Lipinski definition) is 1. The van der Waals surface area contributed by atoms with Crippen LogP contribution in [0.2, 0.25) is 0 Å². The van der Waals surface area contributed by atoms with Crippen LogP contribution in [0.3, 0.4) is 0 Å². The molecule has 0 fully saturated rings. The van der Waals surface area contributed by atoms with Gasteiger partial charge < -0.3 is 19.1 Å². The maximum absolute atomic E-state index is 9.72. The van der Waals surface area contributed by atoms with Gasteiger partial charge in [-0.25, -0.2) is 0 Å². The standard InChI is InChI=1S/C3H8ClO4P.Na/c4-1-3(5)2-8-9(6)7;/h3,5,9H,1-2H2,(H,6,7);/q;+1/p-1. The molecule has 2 unspecified atom stereocenters. The van der Waals surface area contributed by atoms with Gasteiger partial charge in [-0.1, -0.05) is 0 Å². The van der Waals surface area contributed by atoms with Crippen LogP contribution in [0.1, 0.15) is 0 Å². The van der Waals surface area contributed by atoms with Crippen molar-refractivity contribution < 1.29 is 48.6 Å². The molecular formula is C3H7ClNaO4P. The molecular weight excluding hydrogens is 189 g/mol. The van der Waals surface area contributed by atoms with Crippen molar-refractivity contribution in [1.82, 2.24) is 0 Å². The van der Waals surface area contributed by atoms with Gasteiger partial charge in [-0.2, -0.15) is 0 Å². The van der Waals surface area contributed by atoms with E-state index in [2.05, 4.69) is 4.52 Å². The molecule has 4 nitrogen and oxygen atoms in total. The Hall–Kier alpha value is 1.40. The van der Waals surface area contributed by atoms with Gasteiger partial charge >= 0.3 is 29.6 Å². The average molecular weight is 197 g/mol. The number of rotatable bonds is 4. The van der Waals surface area contributed by atoms with Crippen molar-refractivity contribution in [3.05, 3.63) is 0 Å². The summed E-state index contributed by atoms with van der Waals surface area (Å²) in [5.74, 6) is -0.0187. The molecule has 0 aliphatic rings. The summed E-state index contributed by atoms with van der Waals surface area (Å²) in [6.45, 7) is -0.245. The molecule has 0 aromatic carbocycles. The molecule has 1 N–H and O–H groups in total. The van der Waals surface area contributed by atoms with Crippen LogP contribution in [-0.2, 0) is 9.09 Å². The van der Waals surface area contributed by atoms with Crippen molar-refractivity contribution in [2.75, 3.05) is 12.5 Å². The summed E-state index contributed by atoms with van der Waals surface area (Å²) in [6, 6.07) is 0. The Morgan fingerprint density at radius 2 is 2.30 bits per heavy atom. The number of halogens is 1. The SMILES string of the molecule is O=[PH]([O-])OCC(O)CCl.[Na+]. The van der Waals surface area contributed by atoms with Crippen molar-refractivity contribution in [3.63, 3.8) is 0 Å². The van der Waals surface area contributed by atoms with Crippen LogP contribution in [0.5, 0.6) is 0 Å². The molecule has 0 heterocycles. The van der Waals surface area contributed by atoms with E-state index in [-0.39, 0.29) is 42.0 Å². The molecule has 0 aliphatic carbocycles. The Balaban J connectivity index is 0. The Morgan fingerprint density at radius 1 is 1.80 bits per heavy atom. The van der Waals surface area contributed by atoms with Crippen LogP contribution in [0.15, 0.2) is 0 Å². The Labute approximate surface area is 86.8 Å². The van der Waals surface area contributed by atoms with E-state index in [1.165, 1.54) is 0 Å². The molecule has 0 bridgehead atoms. The largest absolute Gasteiger partial charge is 1.00 e. The van der Waals surface area contributed by atoms with Gasteiger partial charge in [0, 0.05) is 0 Å². The van der Waals surface area contributed by atoms with Crippen molar-refractivity contribution >= 4 is 19.9 Å². The van der Waals surface area contributed by atoms with Gasteiger partial charge in [0.05, 0.1) is 18.6 Å². The summed E-state index contributed by atoms with van der Waals surface area (Å²) >= 11 is 5.11. The molecule has 2 atom stereocenters. The van der Waals surface area contributed by atoms with Crippen molar-refractivity contribution in [2.45, 2.75) is 6.10 Å². The third-order valence-electron chi connectivity index (χ3n) is 0.572. The normalized spacial score (nSPS) is 15.5. The average Bonchev–Trinajstić information content (AvgIpc) is 1.83. The number of aliphatic hydroxyl groups excluding tert-OH is 1. The van der Waals surface area contributed by atoms with Gasteiger partial charge in [0.25, 0.3) is 0 Å². The van der Waals surface area contributed by atoms with Crippen LogP contribution >= 0.6 is 19.9 Å². The number of alkyl halides is 1. The summed E-state index contributed by atoms with van der Waals surface area (Å²) in [7, 11) is -3.16. The fourth-order valence-corrected chi connectivity index (χ4v) is 0.626. The Kier molecular flexibility index (Phi) is 11.9. The Morgan fingerprint density at radius 3 is 2.60 bits per heavy atom. The van der Waals surface area contributed by atoms with Gasteiger partial charge in [-0.15, -0.1) is 11.6 Å². The molecule has 0 radical (unpaired) electrons. The molecule has 56 valence electrons. The van der Waals surface area contributed by atoms with Crippen LogP contribution in [-0.4, -0.2) is 23.7 Å². The van der Waals surface area contributed by atoms with Crippen molar-refractivity contribution in [1.29, 1.82) is 0 Å². The van der Waals surface area contributed by atoms with E-state index in [4.69, 9.17) is 16.7 Å². The predicted octanol–water partition coefficient (Wildman–Crippen LogP) is -3.64. The third-order valence-corrected chi connectivity index (χ3v) is 1.33. The topological polar surface area (TPSA) is 69.6 Å². The van der Waals surface area contributed by atoms with Gasteiger partial charge in [-0.05, 0) is 0 Å². The van der Waals surface area contributed by atoms with Crippen LogP contribution in [0.4, 0.5) is 0 Å². The maximum Gasteiger partial charge on any atom is 1.00 e. The van der Waals surface area contributed by atoms with E-state index in [9.17, 15) is 9.46 Å². The van der Waals surface area contributed by atoms with Gasteiger partial charge in [0.1, 0.15) is 8.25 Å². The zero-order valence-corrected chi connectivity index (χ0v) is 9.30. The minimum absolute atomic E-state index is 0. The fourth-order valence-electron chi connectivity index (χ4n) is 0.209. The van der Waals surface area contributed by atoms with E-state index in [1.54, 1.807) is 0 Å². The first-order valence-corrected chi connectivity index (χ1v) is 4.00. The van der Waals surface area contributed by atoms with Gasteiger partial charge in [-0.3, -0.25) is 0 Å². The molecule has 0 aromatic heterocycles. The minimum atomic E-state index is -3.16. The van der Waals surface area contributed by atoms with Crippen molar-refractivity contribution in [2.24, 2.45) is 0 Å². The van der Waals surface area contributed by atoms with E-state index in [0.717, 1.165) is 0 Å². The second-order valence-electron chi connectivity index (χ2n) is 1.37. The van der Waals surface area contributed by atoms with Gasteiger partial charge in [0.2, 0.25) is 0 Å². The quantitative estimate of drug-likeness (QED) is 0.286. The third kappa shape index (κ3) is 9.40. The molecule has 10 heavy (non-hydrogen) atoms. The summed E-state index contributed by atoms with van der Waals surface area (Å²) in [6.07, 6.45) is -0.894. The first kappa shape index (κ1) is 14.0. The van der Waals surface area contributed by atoms with Crippen molar-refractivity contribution in [3.8, 4) is 0 Å². The zero-order chi connectivity index (χ0) is 7.28. The molecule has 0 aromatic rings. The zero-order valence-electron chi connectivity index (χ0n) is 5.54. The van der Waals surface area contributed by atoms with Crippen LogP contribution in [0, 0.1) is 0 Å². The van der Waals surface area contributed by atoms with Crippen LogP contribution in [0.25, 0.3) is 0 Å². The second-order valence-corrected chi connectivity index (χ2v) is 2.47. The summed E-state index contributed by atoms with van der Waals surface area (Å²) in [4.78, 5) is 9.72. The van der Waals surface area contributed by atoms with E-state index in [1.807, 2.05) is 0 Å². The molecule has 0 saturated heterocycles. The van der Waals surface area contributed by atoms with E-state index in [0.29, 0.717) is 0 Å². The van der Waals surface area contributed by atoms with Crippen LogP contribution < -0.4 is 34.5 Å². The molecule has 0 amide bonds. The summed E-state index contributed by atoms with van der Waals surface area (Å²) in [5, 5.41) is 8.59. The minimum Gasteiger partial charge on any atom is -0.781 e. The summed E-state index contributed by atoms with van der Waals surface area (Å²) in [5.41, 5.74) is 0. The first-order valence-electron chi connectivity index (χ1n) is 2.24. The van der Waals surface area contributed by atoms with E-state index < -0.39 is 14.4 Å². The first-order chi connectivity index (χ1) is 4.16. The molecule has 7 heteroatoms. The maximum atomic E-state index is 9.72. The molecule has 0 spiro atoms. The van der Waals surface area contributed by atoms with Gasteiger partial charge in [0.15, 0.2) is 0 Å². The smallest absolute Gasteiger partial charge is 0.781 e. The second kappa shape index (κ2) is 8.50. The molecule has 0 aliphatic heterocycles. The summed E-state index contributed by atoms with van der Waals surface area (Å²) < 4.78 is 13.8. The predicted molar refractivity (Wildman–Crippen MR) is 31.7 cm³/mol. The fraction of sp³-hybridized carbons (Fsp3) is 1.00. The molecule has 0 saturated carbocycles. The molecule has 0 rings (SSSR count). The number of aliphatic hydroxyl groups is 1. The Bertz CT molecular complexity index is 103. The monoisotopic (exact) mass is 196 g/mol.